The minimum Gasteiger partial charge on any atom is -0.462 e. The number of nitrogens with zero attached hydrogens (tertiary/aromatic N) is 1. The van der Waals surface area contributed by atoms with Gasteiger partial charge in [0, 0.05) is 5.69 Å². The van der Waals surface area contributed by atoms with Crippen molar-refractivity contribution in [2.75, 3.05) is 22.5 Å². The lowest BCUT2D eigenvalue weighted by molar-refractivity contribution is -0.116. The van der Waals surface area contributed by atoms with E-state index in [1.54, 1.807) is 25.1 Å². The lowest BCUT2D eigenvalue weighted by atomic mass is 10.1. The van der Waals surface area contributed by atoms with Crippen molar-refractivity contribution in [3.05, 3.63) is 58.1 Å². The van der Waals surface area contributed by atoms with Crippen LogP contribution < -0.4 is 9.62 Å². The van der Waals surface area contributed by atoms with Crippen LogP contribution in [0.3, 0.4) is 0 Å². The maximum absolute atomic E-state index is 12.9. The van der Waals surface area contributed by atoms with Gasteiger partial charge >= 0.3 is 5.97 Å². The summed E-state index contributed by atoms with van der Waals surface area (Å²) in [6, 6.07) is 8.53. The number of sulfonamides is 1. The number of anilines is 2. The fourth-order valence-electron chi connectivity index (χ4n) is 2.89. The summed E-state index contributed by atoms with van der Waals surface area (Å²) in [5.41, 5.74) is 2.72. The molecule has 0 spiro atoms. The van der Waals surface area contributed by atoms with Gasteiger partial charge in [0.1, 0.15) is 6.04 Å². The molecule has 0 fully saturated rings. The van der Waals surface area contributed by atoms with Gasteiger partial charge in [-0.1, -0.05) is 17.7 Å². The fraction of sp³-hybridized carbons (Fsp3) is 0.333. The summed E-state index contributed by atoms with van der Waals surface area (Å²) in [5, 5.41) is 2.83. The SMILES string of the molecule is CCOC(=O)c1cc(NC(=O)[C@@H](C)N(c2ccc(C)c(C)c2)S(C)(=O)=O)ccc1Cl. The van der Waals surface area contributed by atoms with E-state index in [0.29, 0.717) is 11.4 Å². The molecule has 1 N–H and O–H groups in total. The Balaban J connectivity index is 2.33. The van der Waals surface area contributed by atoms with Crippen molar-refractivity contribution >= 4 is 44.9 Å². The average molecular weight is 453 g/mol. The minimum absolute atomic E-state index is 0.109. The van der Waals surface area contributed by atoms with E-state index in [1.165, 1.54) is 25.1 Å². The van der Waals surface area contributed by atoms with Crippen LogP contribution in [-0.2, 0) is 19.6 Å². The first kappa shape index (κ1) is 23.7. The summed E-state index contributed by atoms with van der Waals surface area (Å²) < 4.78 is 30.9. The Morgan fingerprint density at radius 2 is 1.80 bits per heavy atom. The van der Waals surface area contributed by atoms with Crippen LogP contribution in [0.15, 0.2) is 36.4 Å². The van der Waals surface area contributed by atoms with Gasteiger partial charge in [-0.2, -0.15) is 0 Å². The van der Waals surface area contributed by atoms with E-state index in [4.69, 9.17) is 16.3 Å². The molecule has 0 bridgehead atoms. The molecule has 1 atom stereocenters. The van der Waals surface area contributed by atoms with E-state index in [1.807, 2.05) is 13.8 Å². The molecule has 0 unspecified atom stereocenters. The number of hydrogen-bond donors (Lipinski definition) is 1. The second-order valence-corrected chi connectivity index (χ2v) is 9.17. The van der Waals surface area contributed by atoms with Crippen molar-refractivity contribution in [1.82, 2.24) is 0 Å². The van der Waals surface area contributed by atoms with Gasteiger partial charge in [0.05, 0.1) is 29.1 Å². The number of aryl methyl sites for hydroxylation is 2. The van der Waals surface area contributed by atoms with Gasteiger partial charge in [-0.05, 0) is 69.2 Å². The topological polar surface area (TPSA) is 92.8 Å². The van der Waals surface area contributed by atoms with Crippen LogP contribution >= 0.6 is 11.6 Å². The van der Waals surface area contributed by atoms with Gasteiger partial charge in [0.15, 0.2) is 0 Å². The Morgan fingerprint density at radius 3 is 2.37 bits per heavy atom. The van der Waals surface area contributed by atoms with Crippen molar-refractivity contribution in [3.63, 3.8) is 0 Å². The molecule has 30 heavy (non-hydrogen) atoms. The van der Waals surface area contributed by atoms with Crippen LogP contribution in [0.25, 0.3) is 0 Å². The number of esters is 1. The molecule has 7 nitrogen and oxygen atoms in total. The Hall–Kier alpha value is -2.58. The van der Waals surface area contributed by atoms with Crippen LogP contribution in [0.2, 0.25) is 5.02 Å². The number of halogens is 1. The molecule has 0 aliphatic carbocycles. The Labute approximate surface area is 182 Å². The Morgan fingerprint density at radius 1 is 1.13 bits per heavy atom. The zero-order valence-electron chi connectivity index (χ0n) is 17.5. The molecule has 162 valence electrons. The zero-order valence-corrected chi connectivity index (χ0v) is 19.1. The molecule has 0 aromatic heterocycles. The van der Waals surface area contributed by atoms with E-state index in [-0.39, 0.29) is 17.2 Å². The van der Waals surface area contributed by atoms with Crippen molar-refractivity contribution in [2.24, 2.45) is 0 Å². The molecule has 9 heteroatoms. The molecule has 0 heterocycles. The summed E-state index contributed by atoms with van der Waals surface area (Å²) in [6.45, 7) is 7.14. The largest absolute Gasteiger partial charge is 0.462 e. The molecule has 2 aromatic carbocycles. The van der Waals surface area contributed by atoms with Crippen molar-refractivity contribution in [3.8, 4) is 0 Å². The molecule has 0 radical (unpaired) electrons. The average Bonchev–Trinajstić information content (AvgIpc) is 2.65. The lowest BCUT2D eigenvalue weighted by Gasteiger charge is -2.28. The first-order chi connectivity index (χ1) is 14.0. The first-order valence-electron chi connectivity index (χ1n) is 9.30. The maximum Gasteiger partial charge on any atom is 0.339 e. The second kappa shape index (κ2) is 9.49. The minimum atomic E-state index is -3.74. The van der Waals surface area contributed by atoms with Gasteiger partial charge in [0.2, 0.25) is 15.9 Å². The summed E-state index contributed by atoms with van der Waals surface area (Å²) in [4.78, 5) is 24.9. The molecule has 2 rings (SSSR count). The fourth-order valence-corrected chi connectivity index (χ4v) is 4.25. The highest BCUT2D eigenvalue weighted by Gasteiger charge is 2.29. The van der Waals surface area contributed by atoms with Gasteiger partial charge in [-0.25, -0.2) is 13.2 Å². The maximum atomic E-state index is 12.9. The van der Waals surface area contributed by atoms with E-state index in [2.05, 4.69) is 5.32 Å². The predicted octanol–water partition coefficient (Wildman–Crippen LogP) is 3.93. The predicted molar refractivity (Wildman–Crippen MR) is 119 cm³/mol. The molecular formula is C21H25ClN2O5S. The third-order valence-electron chi connectivity index (χ3n) is 4.56. The lowest BCUT2D eigenvalue weighted by Crippen LogP contribution is -2.45. The number of hydrogen-bond acceptors (Lipinski definition) is 5. The van der Waals surface area contributed by atoms with Crippen LogP contribution in [0.1, 0.15) is 35.3 Å². The summed E-state index contributed by atoms with van der Waals surface area (Å²) >= 11 is 6.04. The Bertz CT molecular complexity index is 1070. The number of ether oxygens (including phenoxy) is 1. The highest BCUT2D eigenvalue weighted by Crippen LogP contribution is 2.25. The van der Waals surface area contributed by atoms with Crippen LogP contribution in [-0.4, -0.2) is 39.2 Å². The van der Waals surface area contributed by atoms with Gasteiger partial charge in [-0.3, -0.25) is 9.10 Å². The van der Waals surface area contributed by atoms with Gasteiger partial charge < -0.3 is 10.1 Å². The van der Waals surface area contributed by atoms with E-state index < -0.39 is 27.9 Å². The van der Waals surface area contributed by atoms with E-state index in [9.17, 15) is 18.0 Å². The molecule has 0 saturated carbocycles. The number of rotatable bonds is 7. The summed E-state index contributed by atoms with van der Waals surface area (Å²) in [5.74, 6) is -1.17. The van der Waals surface area contributed by atoms with Crippen molar-refractivity contribution in [2.45, 2.75) is 33.7 Å². The number of nitrogens with one attached hydrogen (secondary N) is 1. The number of carbonyl (C=O) groups is 2. The van der Waals surface area contributed by atoms with E-state index >= 15 is 0 Å². The third-order valence-corrected chi connectivity index (χ3v) is 6.13. The normalized spacial score (nSPS) is 12.2. The molecule has 2 aromatic rings. The molecular weight excluding hydrogens is 428 g/mol. The number of carbonyl (C=O) groups excluding carboxylic acids is 2. The van der Waals surface area contributed by atoms with Crippen LogP contribution in [0.4, 0.5) is 11.4 Å². The van der Waals surface area contributed by atoms with Gasteiger partial charge in [-0.15, -0.1) is 0 Å². The standard InChI is InChI=1S/C21H25ClN2O5S/c1-6-29-21(26)18-12-16(8-10-19(18)22)23-20(25)15(4)24(30(5,27)28)17-9-7-13(2)14(3)11-17/h7-12,15H,6H2,1-5H3,(H,23,25)/t15-/m1/s1. The van der Waals surface area contributed by atoms with Crippen molar-refractivity contribution in [1.29, 1.82) is 0 Å². The molecule has 0 aliphatic heterocycles. The monoisotopic (exact) mass is 452 g/mol. The first-order valence-corrected chi connectivity index (χ1v) is 11.5. The van der Waals surface area contributed by atoms with Crippen molar-refractivity contribution < 1.29 is 22.7 Å². The number of amides is 1. The molecule has 0 saturated heterocycles. The second-order valence-electron chi connectivity index (χ2n) is 6.91. The molecule has 1 amide bonds. The molecule has 0 aliphatic rings. The summed E-state index contributed by atoms with van der Waals surface area (Å²) in [6.07, 6.45) is 1.05. The van der Waals surface area contributed by atoms with E-state index in [0.717, 1.165) is 21.7 Å². The quantitative estimate of drug-likeness (QED) is 0.642. The number of benzene rings is 2. The summed E-state index contributed by atoms with van der Waals surface area (Å²) in [7, 11) is -3.74. The highest BCUT2D eigenvalue weighted by atomic mass is 35.5. The van der Waals surface area contributed by atoms with Gasteiger partial charge in [0.25, 0.3) is 0 Å². The van der Waals surface area contributed by atoms with Crippen LogP contribution in [0, 0.1) is 13.8 Å². The highest BCUT2D eigenvalue weighted by molar-refractivity contribution is 7.92. The van der Waals surface area contributed by atoms with Crippen LogP contribution in [0.5, 0.6) is 0 Å². The smallest absolute Gasteiger partial charge is 0.339 e. The Kier molecular flexibility index (Phi) is 7.49. The third kappa shape index (κ3) is 5.52. The zero-order chi connectivity index (χ0) is 22.6.